The number of carbonyl (C=O) groups excluding carboxylic acids is 2. The minimum atomic E-state index is -0.569. The quantitative estimate of drug-likeness (QED) is 0.795. The molecular formula is C16H20N4O3. The molecule has 1 aromatic heterocycles. The number of likely N-dealkylation sites (tertiary alicyclic amines) is 1. The normalized spacial score (nSPS) is 32.6. The van der Waals surface area contributed by atoms with Crippen LogP contribution in [-0.2, 0) is 16.6 Å². The van der Waals surface area contributed by atoms with Crippen LogP contribution in [0, 0.1) is 0 Å². The maximum Gasteiger partial charge on any atom is 0.274 e. The van der Waals surface area contributed by atoms with Crippen LogP contribution >= 0.6 is 0 Å². The van der Waals surface area contributed by atoms with Crippen molar-refractivity contribution in [2.75, 3.05) is 19.7 Å². The van der Waals surface area contributed by atoms with Crippen LogP contribution in [0.25, 0.3) is 0 Å². The van der Waals surface area contributed by atoms with Crippen molar-refractivity contribution in [3.8, 4) is 0 Å². The van der Waals surface area contributed by atoms with E-state index in [0.717, 1.165) is 5.69 Å². The van der Waals surface area contributed by atoms with Crippen LogP contribution in [-0.4, -0.2) is 62.9 Å². The average molecular weight is 316 g/mol. The summed E-state index contributed by atoms with van der Waals surface area (Å²) in [6.07, 6.45) is 3.44. The molecule has 0 unspecified atom stereocenters. The molecule has 1 saturated carbocycles. The standard InChI is InChI=1S/C16H20N4O3/c1-18-12(10-2-3-10)8-11(17-18)15(22)19-5-4-16-13(19)9-14(21)20(16)6-7-23-16/h8,10,13H,2-7,9H2,1H3/t13-,16+/m1/s1. The number of nitrogens with zero attached hydrogens (tertiary/aromatic N) is 4. The SMILES string of the molecule is Cn1nc(C(=O)N2CC[C@@]34OCCN3C(=O)C[C@@H]24)cc1C1CC1. The number of aromatic nitrogens is 2. The molecule has 7 nitrogen and oxygen atoms in total. The van der Waals surface area contributed by atoms with E-state index >= 15 is 0 Å². The first-order chi connectivity index (χ1) is 11.1. The molecule has 1 spiro atoms. The molecule has 4 heterocycles. The van der Waals surface area contributed by atoms with Gasteiger partial charge in [-0.15, -0.1) is 0 Å². The molecule has 4 aliphatic rings. The number of carbonyl (C=O) groups is 2. The highest BCUT2D eigenvalue weighted by Gasteiger charge is 2.63. The maximum absolute atomic E-state index is 13.0. The Kier molecular flexibility index (Phi) is 2.56. The third kappa shape index (κ3) is 1.71. The maximum atomic E-state index is 13.0. The number of aryl methyl sites for hydroxylation is 1. The van der Waals surface area contributed by atoms with Gasteiger partial charge in [0.1, 0.15) is 0 Å². The zero-order valence-electron chi connectivity index (χ0n) is 13.2. The smallest absolute Gasteiger partial charge is 0.274 e. The molecule has 0 radical (unpaired) electrons. The molecule has 5 rings (SSSR count). The Bertz CT molecular complexity index is 710. The molecule has 0 aromatic carbocycles. The Morgan fingerprint density at radius 1 is 1.39 bits per heavy atom. The van der Waals surface area contributed by atoms with Gasteiger partial charge in [-0.25, -0.2) is 0 Å². The summed E-state index contributed by atoms with van der Waals surface area (Å²) in [5, 5.41) is 4.42. The van der Waals surface area contributed by atoms with Crippen molar-refractivity contribution in [2.45, 2.75) is 43.4 Å². The second-order valence-electron chi connectivity index (χ2n) is 7.06. The summed E-state index contributed by atoms with van der Waals surface area (Å²) in [5.41, 5.74) is 1.07. The molecule has 2 amide bonds. The summed E-state index contributed by atoms with van der Waals surface area (Å²) in [7, 11) is 1.90. The lowest BCUT2D eigenvalue weighted by Crippen LogP contribution is -2.48. The first kappa shape index (κ1) is 13.5. The molecule has 122 valence electrons. The number of hydrogen-bond acceptors (Lipinski definition) is 4. The Balaban J connectivity index is 1.45. The van der Waals surface area contributed by atoms with Gasteiger partial charge < -0.3 is 14.5 Å². The monoisotopic (exact) mass is 316 g/mol. The zero-order valence-corrected chi connectivity index (χ0v) is 13.2. The van der Waals surface area contributed by atoms with E-state index in [2.05, 4.69) is 5.10 Å². The van der Waals surface area contributed by atoms with E-state index in [4.69, 9.17) is 4.74 Å². The third-order valence-electron chi connectivity index (χ3n) is 5.79. The lowest BCUT2D eigenvalue weighted by molar-refractivity contribution is -0.136. The van der Waals surface area contributed by atoms with Crippen LogP contribution in [0.2, 0.25) is 0 Å². The van der Waals surface area contributed by atoms with E-state index in [1.807, 2.05) is 27.6 Å². The number of hydrogen-bond donors (Lipinski definition) is 0. The summed E-state index contributed by atoms with van der Waals surface area (Å²) in [5.74, 6) is 0.588. The van der Waals surface area contributed by atoms with Gasteiger partial charge in [-0.05, 0) is 18.9 Å². The summed E-state index contributed by atoms with van der Waals surface area (Å²) in [6.45, 7) is 1.84. The Morgan fingerprint density at radius 2 is 2.22 bits per heavy atom. The lowest BCUT2D eigenvalue weighted by atomic mass is 10.1. The van der Waals surface area contributed by atoms with Gasteiger partial charge in [-0.1, -0.05) is 0 Å². The van der Waals surface area contributed by atoms with E-state index < -0.39 is 5.72 Å². The minimum absolute atomic E-state index is 0.0699. The van der Waals surface area contributed by atoms with Crippen LogP contribution in [0.1, 0.15) is 47.8 Å². The van der Waals surface area contributed by atoms with Crippen molar-refractivity contribution in [1.82, 2.24) is 19.6 Å². The Hall–Kier alpha value is -1.89. The largest absolute Gasteiger partial charge is 0.351 e. The van der Waals surface area contributed by atoms with E-state index in [1.54, 1.807) is 0 Å². The van der Waals surface area contributed by atoms with Gasteiger partial charge in [0.2, 0.25) is 5.91 Å². The zero-order chi connectivity index (χ0) is 15.8. The number of rotatable bonds is 2. The predicted molar refractivity (Wildman–Crippen MR) is 79.6 cm³/mol. The first-order valence-electron chi connectivity index (χ1n) is 8.39. The van der Waals surface area contributed by atoms with Crippen molar-refractivity contribution >= 4 is 11.8 Å². The molecule has 4 fully saturated rings. The second kappa shape index (κ2) is 4.35. The third-order valence-corrected chi connectivity index (χ3v) is 5.79. The van der Waals surface area contributed by atoms with Crippen LogP contribution in [0.5, 0.6) is 0 Å². The Morgan fingerprint density at radius 3 is 3.00 bits per heavy atom. The highest BCUT2D eigenvalue weighted by Crippen LogP contribution is 2.46. The van der Waals surface area contributed by atoms with Crippen LogP contribution in [0.15, 0.2) is 6.07 Å². The molecule has 3 aliphatic heterocycles. The number of amides is 2. The van der Waals surface area contributed by atoms with E-state index in [-0.39, 0.29) is 17.9 Å². The fourth-order valence-electron chi connectivity index (χ4n) is 4.53. The molecule has 0 bridgehead atoms. The molecule has 0 N–H and O–H groups in total. The summed E-state index contributed by atoms with van der Waals surface area (Å²) in [4.78, 5) is 28.8. The van der Waals surface area contributed by atoms with E-state index in [1.165, 1.54) is 12.8 Å². The van der Waals surface area contributed by atoms with Gasteiger partial charge in [0, 0.05) is 38.2 Å². The lowest BCUT2D eigenvalue weighted by Gasteiger charge is -2.31. The molecule has 2 atom stereocenters. The van der Waals surface area contributed by atoms with Gasteiger partial charge >= 0.3 is 0 Å². The minimum Gasteiger partial charge on any atom is -0.351 e. The summed E-state index contributed by atoms with van der Waals surface area (Å²) >= 11 is 0. The van der Waals surface area contributed by atoms with E-state index in [9.17, 15) is 9.59 Å². The van der Waals surface area contributed by atoms with Gasteiger partial charge in [-0.3, -0.25) is 14.3 Å². The molecule has 1 aromatic rings. The van der Waals surface area contributed by atoms with Crippen molar-refractivity contribution in [3.05, 3.63) is 17.5 Å². The predicted octanol–water partition coefficient (Wildman–Crippen LogP) is 0.471. The van der Waals surface area contributed by atoms with Crippen LogP contribution in [0.4, 0.5) is 0 Å². The fourth-order valence-corrected chi connectivity index (χ4v) is 4.53. The van der Waals surface area contributed by atoms with Crippen molar-refractivity contribution in [2.24, 2.45) is 7.05 Å². The first-order valence-corrected chi connectivity index (χ1v) is 8.39. The second-order valence-corrected chi connectivity index (χ2v) is 7.06. The fraction of sp³-hybridized carbons (Fsp3) is 0.688. The summed E-state index contributed by atoms with van der Waals surface area (Å²) in [6, 6.07) is 1.76. The van der Waals surface area contributed by atoms with Gasteiger partial charge in [0.05, 0.1) is 19.1 Å². The van der Waals surface area contributed by atoms with E-state index in [0.29, 0.717) is 44.1 Å². The molecule has 7 heteroatoms. The molecular weight excluding hydrogens is 296 g/mol. The number of ether oxygens (including phenoxy) is 1. The highest BCUT2D eigenvalue weighted by molar-refractivity contribution is 5.94. The Labute approximate surface area is 134 Å². The summed E-state index contributed by atoms with van der Waals surface area (Å²) < 4.78 is 7.77. The van der Waals surface area contributed by atoms with Crippen molar-refractivity contribution in [1.29, 1.82) is 0 Å². The van der Waals surface area contributed by atoms with Gasteiger partial charge in [-0.2, -0.15) is 5.10 Å². The molecule has 23 heavy (non-hydrogen) atoms. The molecule has 1 aliphatic carbocycles. The van der Waals surface area contributed by atoms with Crippen molar-refractivity contribution in [3.63, 3.8) is 0 Å². The highest BCUT2D eigenvalue weighted by atomic mass is 16.5. The van der Waals surface area contributed by atoms with Crippen LogP contribution < -0.4 is 0 Å². The molecule has 3 saturated heterocycles. The topological polar surface area (TPSA) is 67.7 Å². The van der Waals surface area contributed by atoms with Gasteiger partial charge in [0.25, 0.3) is 5.91 Å². The average Bonchev–Trinajstić information content (AvgIpc) is 2.89. The van der Waals surface area contributed by atoms with Crippen molar-refractivity contribution < 1.29 is 14.3 Å². The van der Waals surface area contributed by atoms with Gasteiger partial charge in [0.15, 0.2) is 11.4 Å². The van der Waals surface area contributed by atoms with Crippen LogP contribution in [0.3, 0.4) is 0 Å².